The van der Waals surface area contributed by atoms with E-state index in [1.54, 1.807) is 36.8 Å². The number of rotatable bonds is 3. The zero-order valence-electron chi connectivity index (χ0n) is 15.9. The summed E-state index contributed by atoms with van der Waals surface area (Å²) in [4.78, 5) is 0. The highest BCUT2D eigenvalue weighted by atomic mass is 14.4. The maximum absolute atomic E-state index is 2.49. The van der Waals surface area contributed by atoms with Gasteiger partial charge in [-0.1, -0.05) is 44.9 Å². The lowest BCUT2D eigenvalue weighted by Gasteiger charge is -2.45. The van der Waals surface area contributed by atoms with E-state index in [2.05, 4.69) is 32.0 Å². The monoisotopic (exact) mass is 324 g/mol. The third kappa shape index (κ3) is 3.31. The van der Waals surface area contributed by atoms with Crippen LogP contribution in [0, 0.1) is 29.6 Å². The SMILES string of the molecule is CCc1ccc2c(c1)CCC(C1CCC3CC(CC)CCC3C1)C2. The molecule has 0 N–H and O–H groups in total. The van der Waals surface area contributed by atoms with Crippen LogP contribution in [0.2, 0.25) is 0 Å². The predicted octanol–water partition coefficient (Wildman–Crippen LogP) is 6.60. The van der Waals surface area contributed by atoms with Crippen molar-refractivity contribution in [3.05, 3.63) is 34.9 Å². The zero-order chi connectivity index (χ0) is 16.5. The molecule has 24 heavy (non-hydrogen) atoms. The summed E-state index contributed by atoms with van der Waals surface area (Å²) < 4.78 is 0. The molecular weight excluding hydrogens is 288 g/mol. The summed E-state index contributed by atoms with van der Waals surface area (Å²) in [6.45, 7) is 4.68. The molecule has 5 unspecified atom stereocenters. The normalized spacial score (nSPS) is 36.0. The second kappa shape index (κ2) is 7.22. The van der Waals surface area contributed by atoms with E-state index in [9.17, 15) is 0 Å². The molecule has 0 aliphatic heterocycles. The van der Waals surface area contributed by atoms with E-state index >= 15 is 0 Å². The Balaban J connectivity index is 1.39. The van der Waals surface area contributed by atoms with Crippen molar-refractivity contribution in [2.45, 2.75) is 84.5 Å². The van der Waals surface area contributed by atoms with Gasteiger partial charge in [0.25, 0.3) is 0 Å². The summed E-state index contributed by atoms with van der Waals surface area (Å²) in [5.74, 6) is 5.23. The van der Waals surface area contributed by atoms with Gasteiger partial charge >= 0.3 is 0 Å². The highest BCUT2D eigenvalue weighted by Gasteiger charge is 2.38. The van der Waals surface area contributed by atoms with Crippen molar-refractivity contribution in [3.63, 3.8) is 0 Å². The summed E-state index contributed by atoms with van der Waals surface area (Å²) >= 11 is 0. The third-order valence-electron chi connectivity index (χ3n) is 7.95. The average Bonchev–Trinajstić information content (AvgIpc) is 2.66. The molecule has 4 rings (SSSR count). The summed E-state index contributed by atoms with van der Waals surface area (Å²) in [5.41, 5.74) is 4.88. The van der Waals surface area contributed by atoms with Crippen LogP contribution in [0.15, 0.2) is 18.2 Å². The Hall–Kier alpha value is -0.780. The van der Waals surface area contributed by atoms with Crippen molar-refractivity contribution >= 4 is 0 Å². The first-order chi connectivity index (χ1) is 11.8. The summed E-state index contributed by atoms with van der Waals surface area (Å²) in [6, 6.07) is 7.33. The van der Waals surface area contributed by atoms with Gasteiger partial charge in [0, 0.05) is 0 Å². The van der Waals surface area contributed by atoms with Crippen molar-refractivity contribution in [1.82, 2.24) is 0 Å². The second-order valence-corrected chi connectivity index (χ2v) is 9.14. The summed E-state index contributed by atoms with van der Waals surface area (Å²) in [6.07, 6.45) is 16.0. The smallest absolute Gasteiger partial charge is 0.0245 e. The molecular formula is C24H36. The minimum Gasteiger partial charge on any atom is -0.0651 e. The van der Waals surface area contributed by atoms with Crippen LogP contribution >= 0.6 is 0 Å². The molecule has 0 nitrogen and oxygen atoms in total. The van der Waals surface area contributed by atoms with Crippen molar-refractivity contribution in [2.75, 3.05) is 0 Å². The molecule has 0 heteroatoms. The lowest BCUT2D eigenvalue weighted by Crippen LogP contribution is -2.35. The quantitative estimate of drug-likeness (QED) is 0.588. The van der Waals surface area contributed by atoms with Gasteiger partial charge in [-0.05, 0) is 104 Å². The summed E-state index contributed by atoms with van der Waals surface area (Å²) in [7, 11) is 0. The Bertz CT molecular complexity index is 557. The Morgan fingerprint density at radius 2 is 1.54 bits per heavy atom. The standard InChI is InChI=1S/C24H36/c1-3-17-5-7-21-15-23(11-9-19(21)13-17)24-12-10-20-14-18(4-2)6-8-22(20)16-24/h5,7,13,18,20,22-24H,3-4,6,8-12,14-16H2,1-2H3. The highest BCUT2D eigenvalue weighted by molar-refractivity contribution is 5.34. The molecule has 2 fully saturated rings. The third-order valence-corrected chi connectivity index (χ3v) is 7.95. The van der Waals surface area contributed by atoms with E-state index in [4.69, 9.17) is 0 Å². The van der Waals surface area contributed by atoms with Gasteiger partial charge in [0.2, 0.25) is 0 Å². The van der Waals surface area contributed by atoms with Crippen LogP contribution in [0.5, 0.6) is 0 Å². The number of hydrogen-bond acceptors (Lipinski definition) is 0. The fraction of sp³-hybridized carbons (Fsp3) is 0.750. The molecule has 0 amide bonds. The van der Waals surface area contributed by atoms with Crippen molar-refractivity contribution in [1.29, 1.82) is 0 Å². The summed E-state index contributed by atoms with van der Waals surface area (Å²) in [5, 5.41) is 0. The molecule has 3 aliphatic rings. The van der Waals surface area contributed by atoms with Gasteiger partial charge in [-0.25, -0.2) is 0 Å². The minimum absolute atomic E-state index is 0.981. The largest absolute Gasteiger partial charge is 0.0651 e. The van der Waals surface area contributed by atoms with E-state index in [1.807, 2.05) is 0 Å². The van der Waals surface area contributed by atoms with E-state index in [0.29, 0.717) is 0 Å². The topological polar surface area (TPSA) is 0 Å². The van der Waals surface area contributed by atoms with Crippen LogP contribution in [-0.4, -0.2) is 0 Å². The van der Waals surface area contributed by atoms with Gasteiger partial charge < -0.3 is 0 Å². The van der Waals surface area contributed by atoms with E-state index in [0.717, 1.165) is 29.6 Å². The second-order valence-electron chi connectivity index (χ2n) is 9.14. The Morgan fingerprint density at radius 3 is 2.33 bits per heavy atom. The molecule has 0 heterocycles. The van der Waals surface area contributed by atoms with E-state index in [-0.39, 0.29) is 0 Å². The van der Waals surface area contributed by atoms with E-state index < -0.39 is 0 Å². The molecule has 0 spiro atoms. The van der Waals surface area contributed by atoms with Gasteiger partial charge in [-0.3, -0.25) is 0 Å². The van der Waals surface area contributed by atoms with Gasteiger partial charge in [0.05, 0.1) is 0 Å². The first-order valence-corrected chi connectivity index (χ1v) is 10.9. The minimum atomic E-state index is 0.981. The molecule has 2 saturated carbocycles. The first kappa shape index (κ1) is 16.7. The number of hydrogen-bond donors (Lipinski definition) is 0. The first-order valence-electron chi connectivity index (χ1n) is 10.9. The fourth-order valence-electron chi connectivity index (χ4n) is 6.28. The number of benzene rings is 1. The van der Waals surface area contributed by atoms with Crippen LogP contribution in [0.25, 0.3) is 0 Å². The van der Waals surface area contributed by atoms with E-state index in [1.165, 1.54) is 50.5 Å². The van der Waals surface area contributed by atoms with Crippen LogP contribution < -0.4 is 0 Å². The molecule has 0 bridgehead atoms. The maximum Gasteiger partial charge on any atom is -0.0245 e. The number of fused-ring (bicyclic) bond motifs is 2. The van der Waals surface area contributed by atoms with Crippen LogP contribution in [0.4, 0.5) is 0 Å². The molecule has 0 aromatic heterocycles. The molecule has 1 aromatic carbocycles. The van der Waals surface area contributed by atoms with Crippen LogP contribution in [0.1, 0.15) is 81.9 Å². The van der Waals surface area contributed by atoms with Crippen LogP contribution in [0.3, 0.4) is 0 Å². The highest BCUT2D eigenvalue weighted by Crippen LogP contribution is 2.48. The molecule has 1 aromatic rings. The van der Waals surface area contributed by atoms with Crippen LogP contribution in [-0.2, 0) is 19.3 Å². The maximum atomic E-state index is 2.49. The fourth-order valence-corrected chi connectivity index (χ4v) is 6.28. The average molecular weight is 325 g/mol. The van der Waals surface area contributed by atoms with Gasteiger partial charge in [-0.2, -0.15) is 0 Å². The lowest BCUT2D eigenvalue weighted by atomic mass is 9.61. The van der Waals surface area contributed by atoms with Gasteiger partial charge in [-0.15, -0.1) is 0 Å². The molecule has 0 radical (unpaired) electrons. The Labute approximate surface area is 149 Å². The van der Waals surface area contributed by atoms with Gasteiger partial charge in [0.15, 0.2) is 0 Å². The Morgan fingerprint density at radius 1 is 0.792 bits per heavy atom. The number of aryl methyl sites for hydroxylation is 2. The van der Waals surface area contributed by atoms with Gasteiger partial charge in [0.1, 0.15) is 0 Å². The molecule has 3 aliphatic carbocycles. The van der Waals surface area contributed by atoms with Crippen molar-refractivity contribution in [3.8, 4) is 0 Å². The molecule has 0 saturated heterocycles. The lowest BCUT2D eigenvalue weighted by molar-refractivity contribution is 0.0708. The van der Waals surface area contributed by atoms with Crippen molar-refractivity contribution in [2.24, 2.45) is 29.6 Å². The molecule has 132 valence electrons. The zero-order valence-corrected chi connectivity index (χ0v) is 15.9. The van der Waals surface area contributed by atoms with Crippen molar-refractivity contribution < 1.29 is 0 Å². The molecule has 5 atom stereocenters. The predicted molar refractivity (Wildman–Crippen MR) is 103 cm³/mol. The Kier molecular flexibility index (Phi) is 5.02.